The number of fused-ring (bicyclic) bond motifs is 1. The fourth-order valence-corrected chi connectivity index (χ4v) is 7.33. The van der Waals surface area contributed by atoms with Gasteiger partial charge in [0.15, 0.2) is 0 Å². The number of rotatable bonds is 15. The molecule has 1 amide bonds. The van der Waals surface area contributed by atoms with Gasteiger partial charge >= 0.3 is 0 Å². The molecule has 2 saturated heterocycles. The van der Waals surface area contributed by atoms with E-state index >= 15 is 0 Å². The number of nitrogens with zero attached hydrogens (tertiary/aromatic N) is 6. The first-order chi connectivity index (χ1) is 24.0. The van der Waals surface area contributed by atoms with Crippen LogP contribution in [0.4, 0.5) is 11.6 Å². The molecule has 12 heteroatoms. The van der Waals surface area contributed by atoms with Gasteiger partial charge in [0.25, 0.3) is 5.91 Å². The maximum Gasteiger partial charge on any atom is 0.257 e. The first kappa shape index (κ1) is 34.1. The monoisotopic (exact) mass is 665 g/mol. The Morgan fingerprint density at radius 3 is 2.59 bits per heavy atom. The minimum Gasteiger partial charge on any atom is -0.496 e. The number of amides is 1. The van der Waals surface area contributed by atoms with Gasteiger partial charge in [-0.25, -0.2) is 9.99 Å². The lowest BCUT2D eigenvalue weighted by Crippen LogP contribution is -2.42. The Labute approximate surface area is 288 Å². The number of benzene rings is 3. The summed E-state index contributed by atoms with van der Waals surface area (Å²) in [6, 6.07) is 24.3. The summed E-state index contributed by atoms with van der Waals surface area (Å²) in [5.41, 5.74) is 11.5. The number of aromatic nitrogens is 2. The molecule has 2 aliphatic rings. The molecule has 0 saturated carbocycles. The van der Waals surface area contributed by atoms with Gasteiger partial charge < -0.3 is 29.2 Å². The van der Waals surface area contributed by atoms with Crippen LogP contribution in [0.15, 0.2) is 78.0 Å². The summed E-state index contributed by atoms with van der Waals surface area (Å²) >= 11 is 0. The molecule has 1 atom stereocenters. The molecule has 49 heavy (non-hydrogen) atoms. The number of ether oxygens (including phenoxy) is 2. The van der Waals surface area contributed by atoms with Gasteiger partial charge in [-0.15, -0.1) is 0 Å². The quantitative estimate of drug-likeness (QED) is 0.0453. The van der Waals surface area contributed by atoms with Crippen molar-refractivity contribution >= 4 is 34.9 Å². The number of para-hydroxylation sites is 2. The van der Waals surface area contributed by atoms with Crippen LogP contribution in [0, 0.1) is 10.9 Å². The highest BCUT2D eigenvalue weighted by Gasteiger charge is 2.42. The summed E-state index contributed by atoms with van der Waals surface area (Å²) in [5.74, 6) is 1.26. The van der Waals surface area contributed by atoms with Crippen LogP contribution in [0.5, 0.6) is 5.75 Å². The second kappa shape index (κ2) is 15.6. The summed E-state index contributed by atoms with van der Waals surface area (Å²) in [4.78, 5) is 23.4. The predicted octanol–water partition coefficient (Wildman–Crippen LogP) is 6.19. The van der Waals surface area contributed by atoms with Crippen LogP contribution >= 0.6 is 0 Å². The summed E-state index contributed by atoms with van der Waals surface area (Å²) in [7, 11) is 1.55. The van der Waals surface area contributed by atoms with E-state index < -0.39 is 0 Å². The molecule has 258 valence electrons. The smallest absolute Gasteiger partial charge is 0.257 e. The third kappa shape index (κ3) is 7.45. The van der Waals surface area contributed by atoms with Crippen molar-refractivity contribution < 1.29 is 14.3 Å². The molecule has 0 aliphatic carbocycles. The van der Waals surface area contributed by atoms with Crippen molar-refractivity contribution in [2.75, 3.05) is 63.4 Å². The molecule has 3 N–H and O–H groups in total. The number of hydrogen-bond acceptors (Lipinski definition) is 9. The van der Waals surface area contributed by atoms with E-state index in [1.54, 1.807) is 25.3 Å². The molecule has 0 radical (unpaired) electrons. The normalized spacial score (nSPS) is 18.4. The second-order valence-electron chi connectivity index (χ2n) is 12.9. The Hall–Kier alpha value is -4.81. The van der Waals surface area contributed by atoms with E-state index in [1.165, 1.54) is 5.56 Å². The lowest BCUT2D eigenvalue weighted by atomic mass is 9.76. The van der Waals surface area contributed by atoms with Crippen molar-refractivity contribution in [3.63, 3.8) is 0 Å². The summed E-state index contributed by atoms with van der Waals surface area (Å²) in [6.07, 6.45) is 4.83. The third-order valence-corrected chi connectivity index (χ3v) is 10.1. The van der Waals surface area contributed by atoms with Gasteiger partial charge in [-0.3, -0.25) is 10.2 Å². The molecule has 0 bridgehead atoms. The highest BCUT2D eigenvalue weighted by Crippen LogP contribution is 2.40. The molecular weight excluding hydrogens is 618 g/mol. The van der Waals surface area contributed by atoms with Crippen molar-refractivity contribution in [3.05, 3.63) is 83.9 Å². The zero-order valence-electron chi connectivity index (χ0n) is 28.5. The van der Waals surface area contributed by atoms with Gasteiger partial charge in [-0.05, 0) is 75.0 Å². The molecule has 0 spiro atoms. The van der Waals surface area contributed by atoms with Gasteiger partial charge in [-0.1, -0.05) is 47.7 Å². The van der Waals surface area contributed by atoms with Crippen LogP contribution in [-0.4, -0.2) is 90.7 Å². The second-order valence-corrected chi connectivity index (χ2v) is 12.9. The number of hydrogen-bond donors (Lipinski definition) is 3. The van der Waals surface area contributed by atoms with Crippen LogP contribution in [0.1, 0.15) is 48.5 Å². The maximum atomic E-state index is 14.0. The van der Waals surface area contributed by atoms with Crippen molar-refractivity contribution in [2.45, 2.75) is 50.6 Å². The van der Waals surface area contributed by atoms with E-state index in [0.717, 1.165) is 80.2 Å². The van der Waals surface area contributed by atoms with Crippen LogP contribution in [0.2, 0.25) is 0 Å². The lowest BCUT2D eigenvalue weighted by molar-refractivity contribution is 0.0777. The summed E-state index contributed by atoms with van der Waals surface area (Å²) in [6.45, 7) is 8.33. The zero-order valence-corrected chi connectivity index (χ0v) is 28.5. The van der Waals surface area contributed by atoms with Gasteiger partial charge in [-0.2, -0.15) is 5.53 Å². The molecule has 3 aromatic carbocycles. The molecule has 3 heterocycles. The number of imidazole rings is 1. The maximum absolute atomic E-state index is 14.0. The van der Waals surface area contributed by atoms with E-state index in [-0.39, 0.29) is 11.3 Å². The van der Waals surface area contributed by atoms with Crippen LogP contribution in [0.3, 0.4) is 0 Å². The Morgan fingerprint density at radius 1 is 1.08 bits per heavy atom. The van der Waals surface area contributed by atoms with Gasteiger partial charge in [0.1, 0.15) is 12.1 Å². The lowest BCUT2D eigenvalue weighted by Gasteiger charge is -2.36. The third-order valence-electron chi connectivity index (χ3n) is 10.1. The van der Waals surface area contributed by atoms with E-state index in [2.05, 4.69) is 62.5 Å². The van der Waals surface area contributed by atoms with Crippen molar-refractivity contribution in [3.8, 4) is 5.75 Å². The summed E-state index contributed by atoms with van der Waals surface area (Å²) in [5, 5.41) is 15.8. The Balaban J connectivity index is 1.11. The molecule has 2 fully saturated rings. The number of likely N-dealkylation sites (tertiary alicyclic amines) is 2. The number of carbonyl (C=O) groups is 1. The van der Waals surface area contributed by atoms with Crippen LogP contribution in [-0.2, 0) is 16.7 Å². The molecular formula is C37H47N9O3. The standard InChI is InChI=1S/C37H47N9O3/c1-3-49-24-23-45-33-12-8-7-11-32(33)41-36(45)40-29-15-19-43(20-16-29)21-17-37(28-9-5-4-6-10-28)18-22-44(26-37)35(47)31-25-30(46(27-38)42-39)13-14-34(31)48-2/h4-14,25,27,29,38-39H,3,15-24,26H2,1-2H3,(H,40,41). The van der Waals surface area contributed by atoms with Gasteiger partial charge in [0.05, 0.1) is 36.0 Å². The number of methoxy groups -OCH3 is 1. The fourth-order valence-electron chi connectivity index (χ4n) is 7.33. The largest absolute Gasteiger partial charge is 0.496 e. The molecule has 1 aromatic heterocycles. The van der Waals surface area contributed by atoms with Crippen LogP contribution < -0.4 is 15.1 Å². The minimum atomic E-state index is -0.167. The Bertz CT molecular complexity index is 1730. The van der Waals surface area contributed by atoms with Crippen molar-refractivity contribution in [2.24, 2.45) is 5.22 Å². The molecule has 12 nitrogen and oxygen atoms in total. The van der Waals surface area contributed by atoms with Crippen molar-refractivity contribution in [1.29, 1.82) is 10.9 Å². The van der Waals surface area contributed by atoms with E-state index in [1.807, 2.05) is 24.0 Å². The average molecular weight is 666 g/mol. The van der Waals surface area contributed by atoms with E-state index in [9.17, 15) is 4.79 Å². The molecule has 2 aliphatic heterocycles. The van der Waals surface area contributed by atoms with E-state index in [4.69, 9.17) is 25.4 Å². The topological polar surface area (TPSA) is 135 Å². The zero-order chi connectivity index (χ0) is 34.2. The Morgan fingerprint density at radius 2 is 1.86 bits per heavy atom. The molecule has 6 rings (SSSR count). The van der Waals surface area contributed by atoms with Gasteiger partial charge in [0.2, 0.25) is 5.95 Å². The number of anilines is 2. The van der Waals surface area contributed by atoms with Crippen molar-refractivity contribution in [1.82, 2.24) is 19.4 Å². The fraction of sp³-hybridized carbons (Fsp3) is 0.432. The SMILES string of the molecule is CCOCCn1c(NC2CCN(CCC3(c4ccccc4)CCN(C(=O)c4cc(N(C=N)N=N)ccc4OC)C3)CC2)nc2ccccc21. The van der Waals surface area contributed by atoms with Crippen LogP contribution in [0.25, 0.3) is 11.0 Å². The summed E-state index contributed by atoms with van der Waals surface area (Å²) < 4.78 is 13.5. The number of nitrogens with one attached hydrogen (secondary N) is 3. The minimum absolute atomic E-state index is 0.120. The van der Waals surface area contributed by atoms with Gasteiger partial charge in [0, 0.05) is 50.8 Å². The predicted molar refractivity (Wildman–Crippen MR) is 192 cm³/mol. The Kier molecular flexibility index (Phi) is 10.8. The molecule has 1 unspecified atom stereocenters. The average Bonchev–Trinajstić information content (AvgIpc) is 3.74. The number of piperidine rings is 1. The highest BCUT2D eigenvalue weighted by atomic mass is 16.5. The van der Waals surface area contributed by atoms with E-state index in [0.29, 0.717) is 49.3 Å². The first-order valence-corrected chi connectivity index (χ1v) is 17.2. The first-order valence-electron chi connectivity index (χ1n) is 17.2. The number of carbonyl (C=O) groups excluding carboxylic acids is 1. The highest BCUT2D eigenvalue weighted by molar-refractivity contribution is 5.99. The molecule has 4 aromatic rings.